The highest BCUT2D eigenvalue weighted by Crippen LogP contribution is 2.38. The van der Waals surface area contributed by atoms with Crippen LogP contribution in [0.3, 0.4) is 0 Å². The number of aliphatic hydroxyl groups is 2. The summed E-state index contributed by atoms with van der Waals surface area (Å²) in [4.78, 5) is 12.4. The second kappa shape index (κ2) is 4.79. The molecule has 0 radical (unpaired) electrons. The van der Waals surface area contributed by atoms with Gasteiger partial charge in [-0.15, -0.1) is 0 Å². The van der Waals surface area contributed by atoms with Crippen LogP contribution in [-0.2, 0) is 4.74 Å². The lowest BCUT2D eigenvalue weighted by atomic mass is 10.1. The first-order chi connectivity index (χ1) is 8.48. The minimum atomic E-state index is -3.62. The van der Waals surface area contributed by atoms with Crippen LogP contribution in [0.1, 0.15) is 0 Å². The van der Waals surface area contributed by atoms with E-state index in [0.717, 1.165) is 4.90 Å². The maximum Gasteiger partial charge on any atom is 0.320 e. The fourth-order valence-electron chi connectivity index (χ4n) is 1.95. The average molecular weight is 264 g/mol. The van der Waals surface area contributed by atoms with Crippen LogP contribution in [0.15, 0.2) is 12.2 Å². The van der Waals surface area contributed by atoms with Gasteiger partial charge in [0.05, 0.1) is 6.61 Å². The monoisotopic (exact) mass is 264 g/mol. The number of aliphatic hydroxyl groups excluding tert-OH is 2. The van der Waals surface area contributed by atoms with E-state index < -0.39 is 37.0 Å². The van der Waals surface area contributed by atoms with Crippen LogP contribution in [0.4, 0.5) is 13.6 Å². The Balaban J connectivity index is 2.21. The summed E-state index contributed by atoms with van der Waals surface area (Å²) < 4.78 is 32.5. The Morgan fingerprint density at radius 3 is 2.89 bits per heavy atom. The van der Waals surface area contributed by atoms with E-state index in [1.165, 1.54) is 0 Å². The Hall–Kier alpha value is -1.25. The molecule has 2 rings (SSSR count). The third-order valence-electron chi connectivity index (χ3n) is 2.94. The minimum absolute atomic E-state index is 0.0447. The van der Waals surface area contributed by atoms with Crippen molar-refractivity contribution in [1.29, 1.82) is 0 Å². The summed E-state index contributed by atoms with van der Waals surface area (Å²) in [5, 5.41) is 20.6. The number of hydrogen-bond donors (Lipinski definition) is 3. The van der Waals surface area contributed by atoms with Crippen molar-refractivity contribution in [1.82, 2.24) is 10.2 Å². The highest BCUT2D eigenvalue weighted by molar-refractivity contribution is 5.75. The van der Waals surface area contributed by atoms with Gasteiger partial charge in [0.1, 0.15) is 6.10 Å². The number of rotatable bonds is 2. The summed E-state index contributed by atoms with van der Waals surface area (Å²) in [5.74, 6) is -3.62. The quantitative estimate of drug-likeness (QED) is 0.575. The number of carbonyl (C=O) groups excluding carboxylic acids is 1. The van der Waals surface area contributed by atoms with Gasteiger partial charge in [-0.1, -0.05) is 12.2 Å². The van der Waals surface area contributed by atoms with Crippen LogP contribution in [-0.4, -0.2) is 65.2 Å². The van der Waals surface area contributed by atoms with Crippen LogP contribution in [0.2, 0.25) is 0 Å². The normalized spacial score (nSPS) is 35.4. The van der Waals surface area contributed by atoms with Gasteiger partial charge in [0.15, 0.2) is 6.10 Å². The van der Waals surface area contributed by atoms with Crippen molar-refractivity contribution in [3.05, 3.63) is 12.2 Å². The topological polar surface area (TPSA) is 82.0 Å². The van der Waals surface area contributed by atoms with Gasteiger partial charge < -0.3 is 20.3 Å². The van der Waals surface area contributed by atoms with Gasteiger partial charge in [-0.25, -0.2) is 4.79 Å². The Labute approximate surface area is 102 Å². The molecule has 3 N–H and O–H groups in total. The lowest BCUT2D eigenvalue weighted by Gasteiger charge is -2.30. The van der Waals surface area contributed by atoms with Crippen molar-refractivity contribution in [3.63, 3.8) is 0 Å². The SMILES string of the molecule is O=C1NCC=CCN1[C@H]1O[C@H](CO)[C@@H](O)C1(F)F. The number of urea groups is 1. The molecule has 0 aromatic carbocycles. The number of alkyl halides is 2. The van der Waals surface area contributed by atoms with E-state index in [9.17, 15) is 18.7 Å². The average Bonchev–Trinajstić information content (AvgIpc) is 2.49. The van der Waals surface area contributed by atoms with Gasteiger partial charge in [-0.2, -0.15) is 8.78 Å². The molecule has 1 saturated heterocycles. The zero-order valence-electron chi connectivity index (χ0n) is 9.42. The molecular weight excluding hydrogens is 250 g/mol. The second-order valence-electron chi connectivity index (χ2n) is 4.14. The standard InChI is InChI=1S/C10H14F2N2O4/c11-10(12)7(16)6(5-15)18-8(10)14-4-2-1-3-13-9(14)17/h1-2,6-8,15-16H,3-5H2,(H,13,17)/t6-,7-,8+/m1/s1. The van der Waals surface area contributed by atoms with Gasteiger partial charge in [-0.3, -0.25) is 4.90 Å². The largest absolute Gasteiger partial charge is 0.394 e. The van der Waals surface area contributed by atoms with Crippen LogP contribution in [0.5, 0.6) is 0 Å². The van der Waals surface area contributed by atoms with E-state index in [2.05, 4.69) is 5.32 Å². The molecule has 18 heavy (non-hydrogen) atoms. The van der Waals surface area contributed by atoms with Crippen LogP contribution in [0.25, 0.3) is 0 Å². The molecule has 0 saturated carbocycles. The second-order valence-corrected chi connectivity index (χ2v) is 4.14. The molecule has 0 bridgehead atoms. The van der Waals surface area contributed by atoms with Gasteiger partial charge in [0.2, 0.25) is 6.23 Å². The van der Waals surface area contributed by atoms with Gasteiger partial charge >= 0.3 is 12.0 Å². The molecular formula is C10H14F2N2O4. The van der Waals surface area contributed by atoms with Crippen molar-refractivity contribution in [2.24, 2.45) is 0 Å². The van der Waals surface area contributed by atoms with Crippen molar-refractivity contribution >= 4 is 6.03 Å². The molecule has 0 aliphatic carbocycles. The van der Waals surface area contributed by atoms with Crippen molar-refractivity contribution < 1.29 is 28.5 Å². The van der Waals surface area contributed by atoms with Gasteiger partial charge in [-0.05, 0) is 0 Å². The van der Waals surface area contributed by atoms with Crippen LogP contribution in [0, 0.1) is 0 Å². The Morgan fingerprint density at radius 2 is 2.28 bits per heavy atom. The summed E-state index contributed by atoms with van der Waals surface area (Å²) in [7, 11) is 0. The Kier molecular flexibility index (Phi) is 3.51. The number of amides is 2. The Bertz CT molecular complexity index is 364. The number of carbonyl (C=O) groups is 1. The first-order valence-electron chi connectivity index (χ1n) is 5.50. The van der Waals surface area contributed by atoms with Gasteiger partial charge in [0, 0.05) is 13.1 Å². The third kappa shape index (κ3) is 2.06. The molecule has 0 aromatic rings. The van der Waals surface area contributed by atoms with E-state index in [1.807, 2.05) is 0 Å². The highest BCUT2D eigenvalue weighted by atomic mass is 19.3. The number of hydrogen-bond acceptors (Lipinski definition) is 4. The zero-order chi connectivity index (χ0) is 13.3. The minimum Gasteiger partial charge on any atom is -0.394 e. The molecule has 0 spiro atoms. The molecule has 6 nitrogen and oxygen atoms in total. The summed E-state index contributed by atoms with van der Waals surface area (Å²) >= 11 is 0. The van der Waals surface area contributed by atoms with Crippen LogP contribution >= 0.6 is 0 Å². The summed E-state index contributed by atoms with van der Waals surface area (Å²) in [6, 6.07) is -0.699. The third-order valence-corrected chi connectivity index (χ3v) is 2.94. The van der Waals surface area contributed by atoms with Crippen molar-refractivity contribution in [2.75, 3.05) is 19.7 Å². The first-order valence-corrected chi connectivity index (χ1v) is 5.50. The maximum absolute atomic E-state index is 13.8. The number of ether oxygens (including phenoxy) is 1. The predicted octanol–water partition coefficient (Wildman–Crippen LogP) is -0.719. The molecule has 2 heterocycles. The summed E-state index contributed by atoms with van der Waals surface area (Å²) in [6.45, 7) is -0.533. The molecule has 2 amide bonds. The van der Waals surface area contributed by atoms with E-state index in [1.54, 1.807) is 12.2 Å². The molecule has 2 aliphatic heterocycles. The molecule has 2 aliphatic rings. The van der Waals surface area contributed by atoms with Crippen molar-refractivity contribution in [3.8, 4) is 0 Å². The number of halogens is 2. The molecule has 0 unspecified atom stereocenters. The lowest BCUT2D eigenvalue weighted by Crippen LogP contribution is -2.53. The van der Waals surface area contributed by atoms with Gasteiger partial charge in [0.25, 0.3) is 0 Å². The fraction of sp³-hybridized carbons (Fsp3) is 0.700. The van der Waals surface area contributed by atoms with E-state index in [0.29, 0.717) is 0 Å². The van der Waals surface area contributed by atoms with Crippen molar-refractivity contribution in [2.45, 2.75) is 24.4 Å². The summed E-state index contributed by atoms with van der Waals surface area (Å²) in [5.41, 5.74) is 0. The lowest BCUT2D eigenvalue weighted by molar-refractivity contribution is -0.152. The van der Waals surface area contributed by atoms with Crippen LogP contribution < -0.4 is 5.32 Å². The van der Waals surface area contributed by atoms with E-state index in [-0.39, 0.29) is 13.1 Å². The molecule has 102 valence electrons. The number of nitrogens with zero attached hydrogens (tertiary/aromatic N) is 1. The molecule has 8 heteroatoms. The van der Waals surface area contributed by atoms with E-state index >= 15 is 0 Å². The summed E-state index contributed by atoms with van der Waals surface area (Å²) in [6.07, 6.45) is -2.23. The Morgan fingerprint density at radius 1 is 1.56 bits per heavy atom. The molecule has 1 fully saturated rings. The zero-order valence-corrected chi connectivity index (χ0v) is 9.42. The highest BCUT2D eigenvalue weighted by Gasteiger charge is 2.61. The molecule has 3 atom stereocenters. The fourth-order valence-corrected chi connectivity index (χ4v) is 1.95. The maximum atomic E-state index is 13.8. The first kappa shape index (κ1) is 13.2. The predicted molar refractivity (Wildman–Crippen MR) is 55.9 cm³/mol. The molecule has 0 aromatic heterocycles. The van der Waals surface area contributed by atoms with E-state index in [4.69, 9.17) is 9.84 Å². The number of nitrogens with one attached hydrogen (secondary N) is 1. The smallest absolute Gasteiger partial charge is 0.320 e.